The molecule has 0 saturated carbocycles. The number of likely N-dealkylation sites (N-methyl/N-ethyl adjacent to an activating group) is 1. The minimum atomic E-state index is -0.207. The monoisotopic (exact) mass is 279 g/mol. The Morgan fingerprint density at radius 1 is 1.42 bits per heavy atom. The first-order valence-electron chi connectivity index (χ1n) is 5.79. The number of carbonyl (C=O) groups is 1. The largest absolute Gasteiger partial charge is 0.395 e. The summed E-state index contributed by atoms with van der Waals surface area (Å²) < 4.78 is 0. The van der Waals surface area contributed by atoms with Crippen LogP contribution in [0.25, 0.3) is 11.3 Å². The second kappa shape index (κ2) is 5.86. The number of carbonyl (C=O) groups excluding carboxylic acids is 1. The van der Waals surface area contributed by atoms with Gasteiger partial charge in [-0.3, -0.25) is 9.89 Å². The summed E-state index contributed by atoms with van der Waals surface area (Å²) in [5, 5.41) is 16.3. The van der Waals surface area contributed by atoms with Crippen LogP contribution in [0.5, 0.6) is 0 Å². The minimum Gasteiger partial charge on any atom is -0.395 e. The van der Waals surface area contributed by atoms with Crippen molar-refractivity contribution in [2.45, 2.75) is 0 Å². The summed E-state index contributed by atoms with van der Waals surface area (Å²) >= 11 is 5.82. The van der Waals surface area contributed by atoms with Gasteiger partial charge in [0, 0.05) is 24.2 Å². The van der Waals surface area contributed by atoms with E-state index in [0.29, 0.717) is 16.4 Å². The standard InChI is InChI=1S/C13H14ClN3O2/c1-17(6-7-18)13(19)12-8-11(15-16-12)9-2-4-10(14)5-3-9/h2-5,8,18H,6-7H2,1H3,(H,15,16). The molecular formula is C13H14ClN3O2. The molecule has 19 heavy (non-hydrogen) atoms. The fraction of sp³-hybridized carbons (Fsp3) is 0.231. The number of aromatic nitrogens is 2. The maximum atomic E-state index is 12.0. The van der Waals surface area contributed by atoms with Gasteiger partial charge in [0.15, 0.2) is 0 Å². The van der Waals surface area contributed by atoms with Crippen LogP contribution >= 0.6 is 11.6 Å². The fourth-order valence-corrected chi connectivity index (χ4v) is 1.78. The fourth-order valence-electron chi connectivity index (χ4n) is 1.66. The number of H-pyrrole nitrogens is 1. The number of hydrogen-bond acceptors (Lipinski definition) is 3. The van der Waals surface area contributed by atoms with E-state index in [4.69, 9.17) is 16.7 Å². The molecule has 2 aromatic rings. The molecule has 0 radical (unpaired) electrons. The lowest BCUT2D eigenvalue weighted by Gasteiger charge is -2.13. The third-order valence-electron chi connectivity index (χ3n) is 2.73. The van der Waals surface area contributed by atoms with E-state index in [1.54, 1.807) is 25.2 Å². The van der Waals surface area contributed by atoms with Gasteiger partial charge in [-0.25, -0.2) is 0 Å². The Hall–Kier alpha value is -1.85. The summed E-state index contributed by atoms with van der Waals surface area (Å²) in [6.07, 6.45) is 0. The number of nitrogens with one attached hydrogen (secondary N) is 1. The van der Waals surface area contributed by atoms with Crippen LogP contribution in [0.1, 0.15) is 10.5 Å². The smallest absolute Gasteiger partial charge is 0.271 e. The maximum absolute atomic E-state index is 12.0. The van der Waals surface area contributed by atoms with E-state index < -0.39 is 0 Å². The van der Waals surface area contributed by atoms with Crippen molar-refractivity contribution in [1.29, 1.82) is 0 Å². The summed E-state index contributed by atoms with van der Waals surface area (Å²) in [7, 11) is 1.63. The maximum Gasteiger partial charge on any atom is 0.271 e. The molecule has 1 aromatic heterocycles. The first kappa shape index (κ1) is 13.6. The molecule has 0 atom stereocenters. The number of nitrogens with zero attached hydrogens (tertiary/aromatic N) is 2. The second-order valence-corrected chi connectivity index (χ2v) is 4.56. The average Bonchev–Trinajstić information content (AvgIpc) is 2.88. The second-order valence-electron chi connectivity index (χ2n) is 4.12. The van der Waals surface area contributed by atoms with Gasteiger partial charge in [-0.15, -0.1) is 0 Å². The van der Waals surface area contributed by atoms with Crippen LogP contribution in [-0.4, -0.2) is 46.3 Å². The Bertz CT molecular complexity index is 566. The van der Waals surface area contributed by atoms with Crippen LogP contribution in [0.3, 0.4) is 0 Å². The molecule has 100 valence electrons. The Kier molecular flexibility index (Phi) is 4.19. The third-order valence-corrected chi connectivity index (χ3v) is 2.98. The highest BCUT2D eigenvalue weighted by Gasteiger charge is 2.14. The molecule has 1 heterocycles. The van der Waals surface area contributed by atoms with Gasteiger partial charge < -0.3 is 10.0 Å². The van der Waals surface area contributed by atoms with Gasteiger partial charge in [-0.05, 0) is 18.2 Å². The highest BCUT2D eigenvalue weighted by Crippen LogP contribution is 2.20. The first-order chi connectivity index (χ1) is 9.11. The van der Waals surface area contributed by atoms with Gasteiger partial charge in [-0.2, -0.15) is 5.10 Å². The van der Waals surface area contributed by atoms with Gasteiger partial charge in [0.25, 0.3) is 5.91 Å². The molecule has 1 aromatic carbocycles. The van der Waals surface area contributed by atoms with Crippen LogP contribution in [0, 0.1) is 0 Å². The summed E-state index contributed by atoms with van der Waals surface area (Å²) in [5.41, 5.74) is 1.95. The van der Waals surface area contributed by atoms with Gasteiger partial charge in [0.1, 0.15) is 5.69 Å². The molecule has 0 unspecified atom stereocenters. The van der Waals surface area contributed by atoms with E-state index in [9.17, 15) is 4.79 Å². The molecule has 0 fully saturated rings. The van der Waals surface area contributed by atoms with Crippen molar-refractivity contribution in [3.05, 3.63) is 41.0 Å². The number of halogens is 1. The zero-order valence-corrected chi connectivity index (χ0v) is 11.2. The molecule has 0 aliphatic rings. The van der Waals surface area contributed by atoms with Gasteiger partial charge in [-0.1, -0.05) is 23.7 Å². The number of amides is 1. The zero-order chi connectivity index (χ0) is 13.8. The Morgan fingerprint density at radius 2 is 2.11 bits per heavy atom. The van der Waals surface area contributed by atoms with Gasteiger partial charge in [0.05, 0.1) is 12.3 Å². The van der Waals surface area contributed by atoms with E-state index >= 15 is 0 Å². The summed E-state index contributed by atoms with van der Waals surface area (Å²) in [4.78, 5) is 13.4. The summed E-state index contributed by atoms with van der Waals surface area (Å²) in [6, 6.07) is 8.89. The predicted molar refractivity (Wildman–Crippen MR) is 73.1 cm³/mol. The molecular weight excluding hydrogens is 266 g/mol. The van der Waals surface area contributed by atoms with Gasteiger partial charge >= 0.3 is 0 Å². The lowest BCUT2D eigenvalue weighted by Crippen LogP contribution is -2.29. The molecule has 6 heteroatoms. The van der Waals surface area contributed by atoms with E-state index in [2.05, 4.69) is 10.2 Å². The van der Waals surface area contributed by atoms with E-state index in [-0.39, 0.29) is 19.1 Å². The molecule has 5 nitrogen and oxygen atoms in total. The van der Waals surface area contributed by atoms with Crippen LogP contribution in [0.4, 0.5) is 0 Å². The van der Waals surface area contributed by atoms with E-state index in [0.717, 1.165) is 5.56 Å². The number of aliphatic hydroxyl groups is 1. The van der Waals surface area contributed by atoms with Crippen LogP contribution in [0.15, 0.2) is 30.3 Å². The van der Waals surface area contributed by atoms with Gasteiger partial charge in [0.2, 0.25) is 0 Å². The molecule has 2 rings (SSSR count). The minimum absolute atomic E-state index is 0.0690. The van der Waals surface area contributed by atoms with E-state index in [1.165, 1.54) is 4.90 Å². The molecule has 1 amide bonds. The quantitative estimate of drug-likeness (QED) is 0.896. The SMILES string of the molecule is CN(CCO)C(=O)c1cc(-c2ccc(Cl)cc2)n[nH]1. The van der Waals surface area contributed by atoms with Crippen molar-refractivity contribution >= 4 is 17.5 Å². The summed E-state index contributed by atoms with van der Waals surface area (Å²) in [5.74, 6) is -0.207. The van der Waals surface area contributed by atoms with Crippen molar-refractivity contribution in [1.82, 2.24) is 15.1 Å². The van der Waals surface area contributed by atoms with Crippen molar-refractivity contribution in [3.63, 3.8) is 0 Å². The Morgan fingerprint density at radius 3 is 2.74 bits per heavy atom. The number of aliphatic hydroxyl groups excluding tert-OH is 1. The number of aromatic amines is 1. The molecule has 0 aliphatic heterocycles. The highest BCUT2D eigenvalue weighted by atomic mass is 35.5. The van der Waals surface area contributed by atoms with Crippen LogP contribution < -0.4 is 0 Å². The summed E-state index contributed by atoms with van der Waals surface area (Å²) in [6.45, 7) is 0.217. The normalized spacial score (nSPS) is 10.5. The van der Waals surface area contributed by atoms with Crippen molar-refractivity contribution in [2.24, 2.45) is 0 Å². The Labute approximate surface area is 115 Å². The first-order valence-corrected chi connectivity index (χ1v) is 6.17. The van der Waals surface area contributed by atoms with Crippen LogP contribution in [-0.2, 0) is 0 Å². The lowest BCUT2D eigenvalue weighted by molar-refractivity contribution is 0.0761. The molecule has 2 N–H and O–H groups in total. The predicted octanol–water partition coefficient (Wildman–Crippen LogP) is 1.79. The van der Waals surface area contributed by atoms with Crippen molar-refractivity contribution < 1.29 is 9.90 Å². The van der Waals surface area contributed by atoms with Crippen molar-refractivity contribution in [3.8, 4) is 11.3 Å². The average molecular weight is 280 g/mol. The van der Waals surface area contributed by atoms with Crippen molar-refractivity contribution in [2.75, 3.05) is 20.2 Å². The van der Waals surface area contributed by atoms with E-state index in [1.807, 2.05) is 12.1 Å². The lowest BCUT2D eigenvalue weighted by atomic mass is 10.1. The molecule has 0 spiro atoms. The molecule has 0 saturated heterocycles. The highest BCUT2D eigenvalue weighted by molar-refractivity contribution is 6.30. The number of benzene rings is 1. The topological polar surface area (TPSA) is 69.2 Å². The molecule has 0 aliphatic carbocycles. The van der Waals surface area contributed by atoms with Crippen LogP contribution in [0.2, 0.25) is 5.02 Å². The molecule has 0 bridgehead atoms. The zero-order valence-electron chi connectivity index (χ0n) is 10.4. The Balaban J connectivity index is 2.19. The number of rotatable bonds is 4. The number of hydrogen-bond donors (Lipinski definition) is 2. The third kappa shape index (κ3) is 3.13.